The highest BCUT2D eigenvalue weighted by Gasteiger charge is 2.27. The molecule has 6 nitrogen and oxygen atoms in total. The smallest absolute Gasteiger partial charge is 0.410 e. The van der Waals surface area contributed by atoms with Crippen LogP contribution in [0.5, 0.6) is 5.75 Å². The van der Waals surface area contributed by atoms with Gasteiger partial charge in [0.15, 0.2) is 0 Å². The summed E-state index contributed by atoms with van der Waals surface area (Å²) < 4.78 is 16.6. The van der Waals surface area contributed by atoms with Crippen molar-refractivity contribution >= 4 is 17.7 Å². The highest BCUT2D eigenvalue weighted by atomic mass is 35.5. The zero-order valence-electron chi connectivity index (χ0n) is 19.4. The van der Waals surface area contributed by atoms with Crippen molar-refractivity contribution in [2.45, 2.75) is 63.5 Å². The Morgan fingerprint density at radius 1 is 0.968 bits per heavy atom. The number of hydrogen-bond donors (Lipinski definition) is 0. The van der Waals surface area contributed by atoms with Gasteiger partial charge in [0.25, 0.3) is 0 Å². The maximum absolute atomic E-state index is 12.4. The summed E-state index contributed by atoms with van der Waals surface area (Å²) in [5.74, 6) is 0.514. The van der Waals surface area contributed by atoms with Gasteiger partial charge in [0.1, 0.15) is 5.75 Å². The van der Waals surface area contributed by atoms with Crippen molar-refractivity contribution in [1.82, 2.24) is 9.80 Å². The second kappa shape index (κ2) is 14.7. The first-order chi connectivity index (χ1) is 15.0. The third-order valence-corrected chi connectivity index (χ3v) is 6.22. The van der Waals surface area contributed by atoms with Crippen molar-refractivity contribution in [3.63, 3.8) is 0 Å². The molecular formula is C24H39ClN2O4. The molecule has 0 bridgehead atoms. The first-order valence-electron chi connectivity index (χ1n) is 11.5. The van der Waals surface area contributed by atoms with Gasteiger partial charge >= 0.3 is 6.09 Å². The molecule has 1 aliphatic carbocycles. The summed E-state index contributed by atoms with van der Waals surface area (Å²) in [4.78, 5) is 16.4. The summed E-state index contributed by atoms with van der Waals surface area (Å²) >= 11 is 5.87. The number of halogens is 1. The van der Waals surface area contributed by atoms with Gasteiger partial charge in [-0.05, 0) is 76.4 Å². The van der Waals surface area contributed by atoms with Gasteiger partial charge in [0, 0.05) is 38.4 Å². The van der Waals surface area contributed by atoms with Crippen LogP contribution in [0, 0.1) is 0 Å². The number of hydrogen-bond acceptors (Lipinski definition) is 5. The number of nitrogens with zero attached hydrogens (tertiary/aromatic N) is 2. The van der Waals surface area contributed by atoms with Crippen molar-refractivity contribution in [2.75, 3.05) is 47.5 Å². The van der Waals surface area contributed by atoms with Crippen LogP contribution < -0.4 is 4.74 Å². The molecule has 0 atom stereocenters. The number of carbonyl (C=O) groups excluding carboxylic acids is 1. The number of rotatable bonds is 13. The molecule has 0 spiro atoms. The third kappa shape index (κ3) is 10.2. The van der Waals surface area contributed by atoms with Gasteiger partial charge in [0.2, 0.25) is 0 Å². The first kappa shape index (κ1) is 25.9. The summed E-state index contributed by atoms with van der Waals surface area (Å²) in [5.41, 5.74) is 0. The number of likely N-dealkylation sites (N-methyl/N-ethyl adjacent to an activating group) is 1. The highest BCUT2D eigenvalue weighted by Crippen LogP contribution is 2.26. The highest BCUT2D eigenvalue weighted by molar-refractivity contribution is 6.30. The molecule has 1 saturated carbocycles. The number of ether oxygens (including phenoxy) is 3. The number of benzene rings is 1. The monoisotopic (exact) mass is 454 g/mol. The fourth-order valence-electron chi connectivity index (χ4n) is 3.87. The predicted molar refractivity (Wildman–Crippen MR) is 125 cm³/mol. The lowest BCUT2D eigenvalue weighted by molar-refractivity contribution is 0.0104. The SMILES string of the molecule is COCCN(C)CCCCCCO[C@H]1CC[C@H](N(C)C(=O)Oc2ccc(Cl)cc2)CC1. The molecule has 7 heteroatoms. The Hall–Kier alpha value is -1.34. The van der Waals surface area contributed by atoms with Crippen LogP contribution in [0.25, 0.3) is 0 Å². The Morgan fingerprint density at radius 3 is 2.32 bits per heavy atom. The third-order valence-electron chi connectivity index (χ3n) is 5.96. The van der Waals surface area contributed by atoms with Crippen molar-refractivity contribution < 1.29 is 19.0 Å². The van der Waals surface area contributed by atoms with Crippen LogP contribution in [-0.4, -0.2) is 75.5 Å². The van der Waals surface area contributed by atoms with Gasteiger partial charge in [-0.25, -0.2) is 4.79 Å². The zero-order valence-corrected chi connectivity index (χ0v) is 20.1. The molecule has 176 valence electrons. The molecule has 0 aromatic heterocycles. The van der Waals surface area contributed by atoms with Crippen molar-refractivity contribution in [3.05, 3.63) is 29.3 Å². The Bertz CT molecular complexity index is 621. The van der Waals surface area contributed by atoms with Crippen LogP contribution in [0.3, 0.4) is 0 Å². The first-order valence-corrected chi connectivity index (χ1v) is 11.9. The predicted octanol–water partition coefficient (Wildman–Crippen LogP) is 5.24. The van der Waals surface area contributed by atoms with E-state index in [4.69, 9.17) is 25.8 Å². The summed E-state index contributed by atoms with van der Waals surface area (Å²) in [5, 5.41) is 0.622. The second-order valence-electron chi connectivity index (χ2n) is 8.44. The maximum atomic E-state index is 12.4. The minimum atomic E-state index is -0.320. The molecule has 1 aromatic rings. The minimum absolute atomic E-state index is 0.203. The van der Waals surface area contributed by atoms with E-state index >= 15 is 0 Å². The van der Waals surface area contributed by atoms with Gasteiger partial charge in [-0.1, -0.05) is 24.4 Å². The van der Waals surface area contributed by atoms with Crippen LogP contribution >= 0.6 is 11.6 Å². The molecule has 0 radical (unpaired) electrons. The van der Waals surface area contributed by atoms with E-state index in [0.717, 1.165) is 58.4 Å². The Balaban J connectivity index is 1.53. The topological polar surface area (TPSA) is 51.2 Å². The molecule has 31 heavy (non-hydrogen) atoms. The molecule has 0 unspecified atom stereocenters. The maximum Gasteiger partial charge on any atom is 0.415 e. The standard InChI is InChI=1S/C24H39ClN2O4/c1-26(17-19-29-3)16-6-4-5-7-18-30-22-14-10-21(11-15-22)27(2)24(28)31-23-12-8-20(25)9-13-23/h8-9,12-13,21-22H,4-7,10-11,14-19H2,1-3H3/t21-,22-. The Kier molecular flexibility index (Phi) is 12.3. The molecule has 0 saturated heterocycles. The van der Waals surface area contributed by atoms with E-state index < -0.39 is 0 Å². The van der Waals surface area contributed by atoms with Crippen molar-refractivity contribution in [1.29, 1.82) is 0 Å². The van der Waals surface area contributed by atoms with Crippen molar-refractivity contribution in [2.24, 2.45) is 0 Å². The Labute approximate surface area is 192 Å². The molecule has 1 fully saturated rings. The number of amides is 1. The summed E-state index contributed by atoms with van der Waals surface area (Å²) in [7, 11) is 5.71. The van der Waals surface area contributed by atoms with E-state index in [-0.39, 0.29) is 12.1 Å². The number of methoxy groups -OCH3 is 1. The summed E-state index contributed by atoms with van der Waals surface area (Å²) in [6.45, 7) is 3.76. The molecule has 0 aliphatic heterocycles. The lowest BCUT2D eigenvalue weighted by Crippen LogP contribution is -2.42. The van der Waals surface area contributed by atoms with E-state index in [1.54, 1.807) is 36.3 Å². The molecule has 2 rings (SSSR count). The lowest BCUT2D eigenvalue weighted by Gasteiger charge is -2.34. The molecular weight excluding hydrogens is 416 g/mol. The number of carbonyl (C=O) groups is 1. The molecule has 1 aliphatic rings. The van der Waals surface area contributed by atoms with Gasteiger partial charge in [-0.15, -0.1) is 0 Å². The summed E-state index contributed by atoms with van der Waals surface area (Å²) in [6.07, 6.45) is 8.69. The van der Waals surface area contributed by atoms with Crippen LogP contribution in [0.4, 0.5) is 4.79 Å². The average molecular weight is 455 g/mol. The van der Waals surface area contributed by atoms with E-state index in [2.05, 4.69) is 11.9 Å². The number of unbranched alkanes of at least 4 members (excludes halogenated alkanes) is 3. The molecule has 1 aromatic carbocycles. The van der Waals surface area contributed by atoms with Gasteiger partial charge in [-0.2, -0.15) is 0 Å². The van der Waals surface area contributed by atoms with Crippen LogP contribution in [0.2, 0.25) is 5.02 Å². The van der Waals surface area contributed by atoms with E-state index in [1.807, 2.05) is 7.05 Å². The van der Waals surface area contributed by atoms with Crippen molar-refractivity contribution in [3.8, 4) is 5.75 Å². The normalized spacial score (nSPS) is 18.9. The average Bonchev–Trinajstić information content (AvgIpc) is 2.78. The molecule has 0 N–H and O–H groups in total. The zero-order chi connectivity index (χ0) is 22.5. The molecule has 0 heterocycles. The Morgan fingerprint density at radius 2 is 1.65 bits per heavy atom. The fraction of sp³-hybridized carbons (Fsp3) is 0.708. The fourth-order valence-corrected chi connectivity index (χ4v) is 4.00. The van der Waals surface area contributed by atoms with E-state index in [0.29, 0.717) is 16.9 Å². The van der Waals surface area contributed by atoms with E-state index in [1.165, 1.54) is 19.3 Å². The quantitative estimate of drug-likeness (QED) is 0.381. The van der Waals surface area contributed by atoms with Gasteiger partial charge < -0.3 is 24.0 Å². The largest absolute Gasteiger partial charge is 0.415 e. The summed E-state index contributed by atoms with van der Waals surface area (Å²) in [6, 6.07) is 7.05. The van der Waals surface area contributed by atoms with Gasteiger partial charge in [0.05, 0.1) is 12.7 Å². The van der Waals surface area contributed by atoms with E-state index in [9.17, 15) is 4.79 Å². The van der Waals surface area contributed by atoms with Crippen LogP contribution in [0.15, 0.2) is 24.3 Å². The minimum Gasteiger partial charge on any atom is -0.410 e. The van der Waals surface area contributed by atoms with Crippen LogP contribution in [0.1, 0.15) is 51.4 Å². The van der Waals surface area contributed by atoms with Gasteiger partial charge in [-0.3, -0.25) is 0 Å². The second-order valence-corrected chi connectivity index (χ2v) is 8.88. The molecule has 1 amide bonds. The van der Waals surface area contributed by atoms with Crippen LogP contribution in [-0.2, 0) is 9.47 Å². The lowest BCUT2D eigenvalue weighted by atomic mass is 9.92.